The van der Waals surface area contributed by atoms with Crippen molar-refractivity contribution in [3.63, 3.8) is 0 Å². The summed E-state index contributed by atoms with van der Waals surface area (Å²) in [6.07, 6.45) is 11.0. The van der Waals surface area contributed by atoms with Crippen LogP contribution in [0.5, 0.6) is 0 Å². The van der Waals surface area contributed by atoms with E-state index >= 15 is 0 Å². The van der Waals surface area contributed by atoms with Crippen LogP contribution in [0.1, 0.15) is 78.1 Å². The number of carbonyl (C=O) groups is 1. The largest absolute Gasteiger partial charge is 0.391 e. The summed E-state index contributed by atoms with van der Waals surface area (Å²) < 4.78 is 0. The minimum Gasteiger partial charge on any atom is -0.391 e. The fourth-order valence-corrected chi connectivity index (χ4v) is 2.93. The molecular weight excluding hydrogens is 276 g/mol. The van der Waals surface area contributed by atoms with Crippen LogP contribution in [-0.4, -0.2) is 47.4 Å². The quantitative estimate of drug-likeness (QED) is 0.593. The van der Waals surface area contributed by atoms with Gasteiger partial charge in [0.2, 0.25) is 5.91 Å². The van der Waals surface area contributed by atoms with Crippen molar-refractivity contribution in [2.24, 2.45) is 4.99 Å². The average Bonchev–Trinajstić information content (AvgIpc) is 2.63. The summed E-state index contributed by atoms with van der Waals surface area (Å²) in [5.41, 5.74) is 0.907. The highest BCUT2D eigenvalue weighted by atomic mass is 16.3. The third-order valence-electron chi connectivity index (χ3n) is 4.33. The van der Waals surface area contributed by atoms with E-state index in [0.29, 0.717) is 26.1 Å². The van der Waals surface area contributed by atoms with Crippen LogP contribution in [0.15, 0.2) is 4.99 Å². The third-order valence-corrected chi connectivity index (χ3v) is 4.33. The fraction of sp³-hybridized carbons (Fsp3) is 0.889. The van der Waals surface area contributed by atoms with E-state index in [-0.39, 0.29) is 12.0 Å². The first-order chi connectivity index (χ1) is 10.6. The maximum Gasteiger partial charge on any atom is 0.228 e. The molecule has 1 aliphatic rings. The van der Waals surface area contributed by atoms with Crippen LogP contribution in [0.4, 0.5) is 0 Å². The van der Waals surface area contributed by atoms with Gasteiger partial charge in [-0.05, 0) is 13.3 Å². The lowest BCUT2D eigenvalue weighted by molar-refractivity contribution is -0.131. The van der Waals surface area contributed by atoms with Gasteiger partial charge in [0.05, 0.1) is 19.1 Å². The first-order valence-corrected chi connectivity index (χ1v) is 9.09. The molecule has 0 aromatic carbocycles. The number of hydrogen-bond donors (Lipinski definition) is 1. The lowest BCUT2D eigenvalue weighted by Gasteiger charge is -2.23. The second-order valence-corrected chi connectivity index (χ2v) is 6.55. The second kappa shape index (κ2) is 11.6. The molecule has 0 bridgehead atoms. The lowest BCUT2D eigenvalue weighted by Crippen LogP contribution is -2.38. The molecule has 0 saturated heterocycles. The van der Waals surface area contributed by atoms with Gasteiger partial charge >= 0.3 is 0 Å². The summed E-state index contributed by atoms with van der Waals surface area (Å²) in [6, 6.07) is 0. The van der Waals surface area contributed by atoms with E-state index in [0.717, 1.165) is 18.6 Å². The Balaban J connectivity index is 2.06. The van der Waals surface area contributed by atoms with Gasteiger partial charge in [-0.25, -0.2) is 0 Å². The number of aliphatic hydroxyl groups excluding tert-OH is 1. The number of nitrogens with zero attached hydrogens (tertiary/aromatic N) is 2. The van der Waals surface area contributed by atoms with Gasteiger partial charge in [0.25, 0.3) is 0 Å². The summed E-state index contributed by atoms with van der Waals surface area (Å²) in [6.45, 7) is 5.92. The zero-order valence-corrected chi connectivity index (χ0v) is 14.5. The highest BCUT2D eigenvalue weighted by Crippen LogP contribution is 2.12. The van der Waals surface area contributed by atoms with Crippen molar-refractivity contribution < 1.29 is 9.90 Å². The number of amides is 1. The van der Waals surface area contributed by atoms with Crippen molar-refractivity contribution in [2.75, 3.05) is 19.6 Å². The molecule has 0 radical (unpaired) electrons. The Hall–Kier alpha value is -0.900. The van der Waals surface area contributed by atoms with Crippen molar-refractivity contribution >= 4 is 11.6 Å². The molecule has 0 aliphatic carbocycles. The Kier molecular flexibility index (Phi) is 10.1. The van der Waals surface area contributed by atoms with Crippen LogP contribution in [0.2, 0.25) is 0 Å². The van der Waals surface area contributed by atoms with Gasteiger partial charge in [-0.1, -0.05) is 58.3 Å². The Labute approximate surface area is 136 Å². The third kappa shape index (κ3) is 8.52. The van der Waals surface area contributed by atoms with Gasteiger partial charge in [-0.15, -0.1) is 0 Å². The number of carbonyl (C=O) groups excluding carboxylic acids is 1. The van der Waals surface area contributed by atoms with E-state index < -0.39 is 0 Å². The number of aliphatic imine (C=N–C) groups is 1. The maximum atomic E-state index is 12.0. The lowest BCUT2D eigenvalue weighted by atomic mass is 10.1. The molecule has 1 rings (SSSR count). The second-order valence-electron chi connectivity index (χ2n) is 6.55. The molecule has 1 atom stereocenters. The van der Waals surface area contributed by atoms with Gasteiger partial charge in [0.1, 0.15) is 0 Å². The van der Waals surface area contributed by atoms with Gasteiger partial charge in [-0.3, -0.25) is 9.79 Å². The molecule has 1 N–H and O–H groups in total. The van der Waals surface area contributed by atoms with Crippen LogP contribution < -0.4 is 0 Å². The molecule has 0 aromatic heterocycles. The van der Waals surface area contributed by atoms with Crippen LogP contribution in [0.3, 0.4) is 0 Å². The summed E-state index contributed by atoms with van der Waals surface area (Å²) in [7, 11) is 0. The van der Waals surface area contributed by atoms with E-state index in [9.17, 15) is 9.90 Å². The van der Waals surface area contributed by atoms with Crippen molar-refractivity contribution in [1.29, 1.82) is 0 Å². The molecule has 0 fully saturated rings. The SMILES string of the molecule is CCCCCCCCCCC(O)CN1CCN=C(C)CC1=O. The van der Waals surface area contributed by atoms with Gasteiger partial charge in [0.15, 0.2) is 0 Å². The molecule has 1 amide bonds. The molecule has 1 aliphatic heterocycles. The van der Waals surface area contributed by atoms with Crippen molar-refractivity contribution in [2.45, 2.75) is 84.2 Å². The minimum atomic E-state index is -0.387. The smallest absolute Gasteiger partial charge is 0.228 e. The monoisotopic (exact) mass is 310 g/mol. The van der Waals surface area contributed by atoms with E-state index in [2.05, 4.69) is 11.9 Å². The minimum absolute atomic E-state index is 0.105. The summed E-state index contributed by atoms with van der Waals surface area (Å²) in [5, 5.41) is 10.1. The van der Waals surface area contributed by atoms with Gasteiger partial charge in [0, 0.05) is 18.8 Å². The highest BCUT2D eigenvalue weighted by molar-refractivity contribution is 6.00. The number of unbranched alkanes of at least 4 members (excludes halogenated alkanes) is 7. The zero-order valence-electron chi connectivity index (χ0n) is 14.5. The first-order valence-electron chi connectivity index (χ1n) is 9.09. The molecule has 128 valence electrons. The number of aliphatic hydroxyl groups is 1. The molecule has 0 spiro atoms. The average molecular weight is 310 g/mol. The number of rotatable bonds is 11. The first kappa shape index (κ1) is 19.1. The topological polar surface area (TPSA) is 52.9 Å². The van der Waals surface area contributed by atoms with E-state index in [4.69, 9.17) is 0 Å². The van der Waals surface area contributed by atoms with Crippen LogP contribution >= 0.6 is 0 Å². The van der Waals surface area contributed by atoms with Crippen LogP contribution in [-0.2, 0) is 4.79 Å². The summed E-state index contributed by atoms with van der Waals surface area (Å²) >= 11 is 0. The maximum absolute atomic E-state index is 12.0. The van der Waals surface area contributed by atoms with E-state index in [1.54, 1.807) is 4.90 Å². The van der Waals surface area contributed by atoms with Crippen LogP contribution in [0, 0.1) is 0 Å². The standard InChI is InChI=1S/C18H34N2O2/c1-3-4-5-6-7-8-9-10-11-17(21)15-20-13-12-19-16(2)14-18(20)22/h17,21H,3-15H2,1-2H3. The van der Waals surface area contributed by atoms with E-state index in [1.165, 1.54) is 44.9 Å². The molecule has 1 unspecified atom stereocenters. The molecule has 4 heteroatoms. The summed E-state index contributed by atoms with van der Waals surface area (Å²) in [5.74, 6) is 0.105. The van der Waals surface area contributed by atoms with Gasteiger partial charge < -0.3 is 10.0 Å². The Morgan fingerprint density at radius 2 is 1.77 bits per heavy atom. The number of β-amino-alcohol motifs (C(OH)–C–C–N with tert-alkyl or cyclic N) is 1. The van der Waals surface area contributed by atoms with Crippen molar-refractivity contribution in [3.05, 3.63) is 0 Å². The Morgan fingerprint density at radius 3 is 2.45 bits per heavy atom. The normalized spacial score (nSPS) is 17.3. The zero-order chi connectivity index (χ0) is 16.2. The van der Waals surface area contributed by atoms with Crippen molar-refractivity contribution in [1.82, 2.24) is 4.90 Å². The molecule has 0 aromatic rings. The molecule has 0 saturated carbocycles. The fourth-order valence-electron chi connectivity index (χ4n) is 2.93. The summed E-state index contributed by atoms with van der Waals surface area (Å²) in [4.78, 5) is 18.1. The Morgan fingerprint density at radius 1 is 1.14 bits per heavy atom. The van der Waals surface area contributed by atoms with Crippen molar-refractivity contribution in [3.8, 4) is 0 Å². The Bertz CT molecular complexity index is 342. The highest BCUT2D eigenvalue weighted by Gasteiger charge is 2.19. The molecular formula is C18H34N2O2. The van der Waals surface area contributed by atoms with E-state index in [1.807, 2.05) is 6.92 Å². The number of hydrogen-bond acceptors (Lipinski definition) is 3. The molecule has 22 heavy (non-hydrogen) atoms. The molecule has 1 heterocycles. The van der Waals surface area contributed by atoms with Crippen LogP contribution in [0.25, 0.3) is 0 Å². The predicted octanol–water partition coefficient (Wildman–Crippen LogP) is 3.57. The predicted molar refractivity (Wildman–Crippen MR) is 92.4 cm³/mol. The molecule has 4 nitrogen and oxygen atoms in total. The van der Waals surface area contributed by atoms with Gasteiger partial charge in [-0.2, -0.15) is 0 Å².